The normalized spacial score (nSPS) is 15.3. The van der Waals surface area contributed by atoms with E-state index in [9.17, 15) is 0 Å². The van der Waals surface area contributed by atoms with E-state index in [1.54, 1.807) is 12.3 Å². The van der Waals surface area contributed by atoms with Gasteiger partial charge < -0.3 is 24.6 Å². The number of nitrogens with one attached hydrogen (secondary N) is 2. The Morgan fingerprint density at radius 3 is 2.70 bits per heavy atom. The number of nitrogens with zero attached hydrogens (tertiary/aromatic N) is 3. The van der Waals surface area contributed by atoms with E-state index in [4.69, 9.17) is 10.1 Å². The van der Waals surface area contributed by atoms with Gasteiger partial charge in [-0.3, -0.25) is 0 Å². The second kappa shape index (κ2) is 12.3. The molecule has 6 heteroatoms. The minimum absolute atomic E-state index is 0.721. The number of hydrogen-bond acceptors (Lipinski definition) is 4. The maximum Gasteiger partial charge on any atom is 0.134 e. The summed E-state index contributed by atoms with van der Waals surface area (Å²) < 4.78 is 10.2. The molecular formula is C37H31N5O. The number of rotatable bonds is 8. The number of ether oxygens (including phenoxy) is 1. The SMILES string of the molecule is C=C1/C(Nc2ccccc2-n2cnc(/C=C\C=C/C)c2)=C\C=C/Oc2ccc(-n3cc(/C=C\C=N)c4ccccc43)cc21. The number of imidazole rings is 1. The van der Waals surface area contributed by atoms with E-state index >= 15 is 0 Å². The van der Waals surface area contributed by atoms with Gasteiger partial charge in [0.2, 0.25) is 0 Å². The average Bonchev–Trinajstić information content (AvgIpc) is 3.66. The molecule has 1 aliphatic rings. The molecule has 0 atom stereocenters. The zero-order chi connectivity index (χ0) is 29.6. The van der Waals surface area contributed by atoms with E-state index in [2.05, 4.69) is 51.9 Å². The fourth-order valence-corrected chi connectivity index (χ4v) is 5.09. The number of para-hydroxylation sites is 3. The third-order valence-corrected chi connectivity index (χ3v) is 7.17. The van der Waals surface area contributed by atoms with Gasteiger partial charge in [0, 0.05) is 52.1 Å². The summed E-state index contributed by atoms with van der Waals surface area (Å²) in [5.74, 6) is 0.721. The van der Waals surface area contributed by atoms with Crippen LogP contribution >= 0.6 is 0 Å². The van der Waals surface area contributed by atoms with Crippen molar-refractivity contribution in [3.63, 3.8) is 0 Å². The molecule has 0 radical (unpaired) electrons. The first-order chi connectivity index (χ1) is 21.2. The van der Waals surface area contributed by atoms with E-state index in [1.165, 1.54) is 6.21 Å². The molecule has 6 rings (SSSR count). The summed E-state index contributed by atoms with van der Waals surface area (Å²) in [6.45, 7) is 6.49. The van der Waals surface area contributed by atoms with Gasteiger partial charge in [-0.1, -0.05) is 61.2 Å². The van der Waals surface area contributed by atoms with Crippen LogP contribution in [0.1, 0.15) is 23.7 Å². The van der Waals surface area contributed by atoms with Gasteiger partial charge in [0.15, 0.2) is 0 Å². The summed E-state index contributed by atoms with van der Waals surface area (Å²) in [7, 11) is 0. The molecule has 0 saturated heterocycles. The Labute approximate surface area is 251 Å². The van der Waals surface area contributed by atoms with Gasteiger partial charge in [0.05, 0.1) is 35.2 Å². The van der Waals surface area contributed by atoms with Crippen molar-refractivity contribution in [2.45, 2.75) is 6.92 Å². The lowest BCUT2D eigenvalue weighted by molar-refractivity contribution is 0.479. The maximum atomic E-state index is 7.42. The Balaban J connectivity index is 1.36. The predicted octanol–water partition coefficient (Wildman–Crippen LogP) is 8.98. The van der Waals surface area contributed by atoms with Crippen molar-refractivity contribution in [3.8, 4) is 17.1 Å². The van der Waals surface area contributed by atoms with Crippen LogP contribution in [0.4, 0.5) is 5.69 Å². The minimum Gasteiger partial charge on any atom is -0.464 e. The molecule has 0 saturated carbocycles. The lowest BCUT2D eigenvalue weighted by Gasteiger charge is -2.20. The fourth-order valence-electron chi connectivity index (χ4n) is 5.09. The van der Waals surface area contributed by atoms with Crippen LogP contribution in [0.25, 0.3) is 40.0 Å². The van der Waals surface area contributed by atoms with Gasteiger partial charge in [-0.25, -0.2) is 4.98 Å². The largest absolute Gasteiger partial charge is 0.464 e. The summed E-state index contributed by atoms with van der Waals surface area (Å²) in [6, 6.07) is 22.5. The molecule has 0 fully saturated rings. The molecule has 210 valence electrons. The van der Waals surface area contributed by atoms with Gasteiger partial charge in [0.25, 0.3) is 0 Å². The second-order valence-corrected chi connectivity index (χ2v) is 9.92. The molecule has 43 heavy (non-hydrogen) atoms. The molecule has 3 aromatic carbocycles. The van der Waals surface area contributed by atoms with Crippen molar-refractivity contribution >= 4 is 40.5 Å². The maximum absolute atomic E-state index is 7.42. The van der Waals surface area contributed by atoms with Gasteiger partial charge in [-0.2, -0.15) is 0 Å². The highest BCUT2D eigenvalue weighted by molar-refractivity contribution is 5.93. The average molecular weight is 562 g/mol. The minimum atomic E-state index is 0.721. The number of fused-ring (bicyclic) bond motifs is 2. The Kier molecular flexibility index (Phi) is 7.82. The lowest BCUT2D eigenvalue weighted by atomic mass is 10.0. The first-order valence-corrected chi connectivity index (χ1v) is 14.0. The molecule has 2 aromatic heterocycles. The van der Waals surface area contributed by atoms with Crippen molar-refractivity contribution in [2.75, 3.05) is 5.32 Å². The molecule has 0 unspecified atom stereocenters. The van der Waals surface area contributed by atoms with Crippen LogP contribution in [-0.2, 0) is 0 Å². The Morgan fingerprint density at radius 2 is 1.81 bits per heavy atom. The van der Waals surface area contributed by atoms with Gasteiger partial charge in [-0.05, 0) is 67.6 Å². The highest BCUT2D eigenvalue weighted by Gasteiger charge is 2.17. The van der Waals surface area contributed by atoms with E-state index in [0.717, 1.165) is 61.8 Å². The second-order valence-electron chi connectivity index (χ2n) is 9.92. The quantitative estimate of drug-likeness (QED) is 0.147. The van der Waals surface area contributed by atoms with E-state index in [1.807, 2.05) is 109 Å². The molecule has 2 N–H and O–H groups in total. The molecule has 1 aliphatic heterocycles. The van der Waals surface area contributed by atoms with Crippen molar-refractivity contribution < 1.29 is 4.74 Å². The fraction of sp³-hybridized carbons (Fsp3) is 0.0270. The third kappa shape index (κ3) is 5.67. The molecule has 3 heterocycles. The number of anilines is 1. The third-order valence-electron chi connectivity index (χ3n) is 7.17. The van der Waals surface area contributed by atoms with Crippen LogP contribution in [0.2, 0.25) is 0 Å². The zero-order valence-electron chi connectivity index (χ0n) is 23.8. The van der Waals surface area contributed by atoms with Crippen LogP contribution in [-0.4, -0.2) is 20.3 Å². The highest BCUT2D eigenvalue weighted by Crippen LogP contribution is 2.36. The topological polar surface area (TPSA) is 67.9 Å². The van der Waals surface area contributed by atoms with E-state index < -0.39 is 0 Å². The number of aromatic nitrogens is 3. The van der Waals surface area contributed by atoms with Gasteiger partial charge in [-0.15, -0.1) is 0 Å². The van der Waals surface area contributed by atoms with Crippen molar-refractivity contribution in [2.24, 2.45) is 0 Å². The highest BCUT2D eigenvalue weighted by atomic mass is 16.5. The van der Waals surface area contributed by atoms with Gasteiger partial charge in [0.1, 0.15) is 5.75 Å². The first-order valence-electron chi connectivity index (χ1n) is 14.0. The Hall–Kier alpha value is -5.88. The molecule has 0 aliphatic carbocycles. The monoisotopic (exact) mass is 561 g/mol. The molecule has 0 amide bonds. The summed E-state index contributed by atoms with van der Waals surface area (Å²) in [6.07, 6.45) is 24.3. The zero-order valence-corrected chi connectivity index (χ0v) is 23.8. The number of allylic oxidation sites excluding steroid dienone is 7. The molecule has 0 spiro atoms. The molecular weight excluding hydrogens is 530 g/mol. The smallest absolute Gasteiger partial charge is 0.134 e. The molecule has 0 bridgehead atoms. The van der Waals surface area contributed by atoms with Crippen LogP contribution in [0, 0.1) is 5.41 Å². The Morgan fingerprint density at radius 1 is 0.953 bits per heavy atom. The molecule has 6 nitrogen and oxygen atoms in total. The summed E-state index contributed by atoms with van der Waals surface area (Å²) in [4.78, 5) is 4.54. The van der Waals surface area contributed by atoms with Crippen molar-refractivity contribution in [1.29, 1.82) is 5.41 Å². The van der Waals surface area contributed by atoms with Gasteiger partial charge >= 0.3 is 0 Å². The van der Waals surface area contributed by atoms with Crippen LogP contribution in [0.3, 0.4) is 0 Å². The summed E-state index contributed by atoms with van der Waals surface area (Å²) in [5, 5.41) is 12.2. The van der Waals surface area contributed by atoms with Crippen LogP contribution in [0.5, 0.6) is 5.75 Å². The lowest BCUT2D eigenvalue weighted by Crippen LogP contribution is -2.07. The molecule has 5 aromatic rings. The van der Waals surface area contributed by atoms with Crippen molar-refractivity contribution in [3.05, 3.63) is 157 Å². The number of benzene rings is 3. The summed E-state index contributed by atoms with van der Waals surface area (Å²) >= 11 is 0. The number of hydrogen-bond donors (Lipinski definition) is 2. The first kappa shape index (κ1) is 27.3. The van der Waals surface area contributed by atoms with Crippen molar-refractivity contribution in [1.82, 2.24) is 14.1 Å². The van der Waals surface area contributed by atoms with E-state index in [-0.39, 0.29) is 0 Å². The van der Waals surface area contributed by atoms with E-state index in [0.29, 0.717) is 0 Å². The standard InChI is InChI=1S/C37H31N5O/c1-3-4-5-13-29-25-41(26-39-29)36-18-9-7-15-34(36)40-33-16-11-22-43-37-20-19-30(23-32(37)27(33)2)42-24-28(12-10-21-38)31-14-6-8-17-35(31)42/h3-26,38,40H,2H2,1H3/b4-3-,12-10-,13-5-,22-11-,33-16+,38-21?. The van der Waals surface area contributed by atoms with Crippen LogP contribution < -0.4 is 10.1 Å². The Bertz CT molecular complexity index is 1980. The summed E-state index contributed by atoms with van der Waals surface area (Å²) in [5.41, 5.74) is 8.40. The predicted molar refractivity (Wildman–Crippen MR) is 179 cm³/mol. The van der Waals surface area contributed by atoms with Crippen LogP contribution in [0.15, 0.2) is 140 Å².